The number of aliphatic carboxylic acids is 1. The molecule has 0 unspecified atom stereocenters. The summed E-state index contributed by atoms with van der Waals surface area (Å²) in [4.78, 5) is 22.6. The van der Waals surface area contributed by atoms with Crippen LogP contribution in [0.2, 0.25) is 0 Å². The Morgan fingerprint density at radius 3 is 2.25 bits per heavy atom. The van der Waals surface area contributed by atoms with Gasteiger partial charge in [0, 0.05) is 6.54 Å². The van der Waals surface area contributed by atoms with Gasteiger partial charge in [0.05, 0.1) is 11.8 Å². The van der Waals surface area contributed by atoms with Gasteiger partial charge in [0.2, 0.25) is 5.91 Å². The zero-order valence-electron chi connectivity index (χ0n) is 10.2. The Kier molecular flexibility index (Phi) is 3.41. The number of carboxylic acid groups (broad SMARTS) is 1. The fourth-order valence-electron chi connectivity index (χ4n) is 2.05. The molecule has 0 radical (unpaired) electrons. The summed E-state index contributed by atoms with van der Waals surface area (Å²) >= 11 is 0. The molecule has 0 aromatic rings. The first-order valence-electron chi connectivity index (χ1n) is 5.42. The summed E-state index contributed by atoms with van der Waals surface area (Å²) < 4.78 is 0. The molecule has 0 bridgehead atoms. The van der Waals surface area contributed by atoms with Crippen LogP contribution in [0.15, 0.2) is 11.6 Å². The highest BCUT2D eigenvalue weighted by atomic mass is 16.4. The highest BCUT2D eigenvalue weighted by Gasteiger charge is 2.65. The number of hydrogen-bond donors (Lipinski definition) is 2. The quantitative estimate of drug-likeness (QED) is 0.711. The molecular weight excluding hydrogens is 206 g/mol. The van der Waals surface area contributed by atoms with Gasteiger partial charge in [-0.2, -0.15) is 0 Å². The molecule has 1 rings (SSSR count). The summed E-state index contributed by atoms with van der Waals surface area (Å²) in [5.41, 5.74) is 0.714. The maximum atomic E-state index is 11.7. The minimum absolute atomic E-state index is 0.157. The first kappa shape index (κ1) is 12.7. The van der Waals surface area contributed by atoms with E-state index in [-0.39, 0.29) is 5.91 Å². The van der Waals surface area contributed by atoms with Gasteiger partial charge in [-0.25, -0.2) is 0 Å². The third-order valence-electron chi connectivity index (χ3n) is 3.16. The largest absolute Gasteiger partial charge is 0.481 e. The van der Waals surface area contributed by atoms with Crippen LogP contribution in [0.1, 0.15) is 27.7 Å². The maximum absolute atomic E-state index is 11.7. The number of carboxylic acids is 1. The van der Waals surface area contributed by atoms with Crippen LogP contribution in [-0.2, 0) is 9.59 Å². The lowest BCUT2D eigenvalue weighted by molar-refractivity contribution is -0.140. The predicted octanol–water partition coefficient (Wildman–Crippen LogP) is 1.43. The van der Waals surface area contributed by atoms with Crippen LogP contribution < -0.4 is 5.32 Å². The standard InChI is InChI=1S/C12H19NO3/c1-7(2)5-6-13-10(14)8-9(11(15)16)12(8,3)4/h5,8-9H,6H2,1-4H3,(H,13,14)(H,15,16)/t8-,9+/m1/s1. The summed E-state index contributed by atoms with van der Waals surface area (Å²) in [6.45, 7) is 8.01. The number of carbonyl (C=O) groups excluding carboxylic acids is 1. The summed E-state index contributed by atoms with van der Waals surface area (Å²) in [6.07, 6.45) is 1.91. The molecule has 2 N–H and O–H groups in total. The normalized spacial score (nSPS) is 25.8. The lowest BCUT2D eigenvalue weighted by Gasteiger charge is -2.03. The molecule has 4 heteroatoms. The topological polar surface area (TPSA) is 66.4 Å². The van der Waals surface area contributed by atoms with Crippen LogP contribution in [-0.4, -0.2) is 23.5 Å². The average molecular weight is 225 g/mol. The lowest BCUT2D eigenvalue weighted by atomic mass is 10.1. The number of hydrogen-bond acceptors (Lipinski definition) is 2. The van der Waals surface area contributed by atoms with E-state index >= 15 is 0 Å². The molecule has 1 saturated carbocycles. The first-order chi connectivity index (χ1) is 7.28. The van der Waals surface area contributed by atoms with Crippen molar-refractivity contribution >= 4 is 11.9 Å². The SMILES string of the molecule is CC(C)=CCNC(=O)[C@H]1[C@@H](C(=O)O)C1(C)C. The average Bonchev–Trinajstić information content (AvgIpc) is 2.68. The summed E-state index contributed by atoms with van der Waals surface area (Å²) in [5, 5.41) is 11.7. The highest BCUT2D eigenvalue weighted by molar-refractivity contribution is 5.91. The van der Waals surface area contributed by atoms with Gasteiger partial charge >= 0.3 is 5.97 Å². The van der Waals surface area contributed by atoms with Crippen molar-refractivity contribution in [2.24, 2.45) is 17.3 Å². The highest BCUT2D eigenvalue weighted by Crippen LogP contribution is 2.58. The molecule has 4 nitrogen and oxygen atoms in total. The van der Waals surface area contributed by atoms with Crippen molar-refractivity contribution in [3.8, 4) is 0 Å². The third-order valence-corrected chi connectivity index (χ3v) is 3.16. The minimum atomic E-state index is -0.882. The monoisotopic (exact) mass is 225 g/mol. The number of amides is 1. The second-order valence-electron chi connectivity index (χ2n) is 5.14. The first-order valence-corrected chi connectivity index (χ1v) is 5.42. The Balaban J connectivity index is 2.51. The molecule has 16 heavy (non-hydrogen) atoms. The maximum Gasteiger partial charge on any atom is 0.307 e. The molecule has 1 fully saturated rings. The number of carbonyl (C=O) groups is 2. The Morgan fingerprint density at radius 2 is 1.88 bits per heavy atom. The van der Waals surface area contributed by atoms with Gasteiger partial charge in [-0.1, -0.05) is 25.5 Å². The van der Waals surface area contributed by atoms with E-state index in [1.54, 1.807) is 0 Å². The minimum Gasteiger partial charge on any atom is -0.481 e. The van der Waals surface area contributed by atoms with Crippen LogP contribution in [0.3, 0.4) is 0 Å². The van der Waals surface area contributed by atoms with E-state index in [2.05, 4.69) is 5.32 Å². The third kappa shape index (κ3) is 2.43. The molecule has 0 spiro atoms. The molecule has 0 aromatic heterocycles. The number of rotatable bonds is 4. The van der Waals surface area contributed by atoms with Crippen molar-refractivity contribution < 1.29 is 14.7 Å². The van der Waals surface area contributed by atoms with Gasteiger partial charge in [-0.15, -0.1) is 0 Å². The fourth-order valence-corrected chi connectivity index (χ4v) is 2.05. The van der Waals surface area contributed by atoms with E-state index in [9.17, 15) is 9.59 Å². The van der Waals surface area contributed by atoms with Gasteiger partial charge < -0.3 is 10.4 Å². The Morgan fingerprint density at radius 1 is 1.31 bits per heavy atom. The van der Waals surface area contributed by atoms with E-state index in [0.29, 0.717) is 6.54 Å². The van der Waals surface area contributed by atoms with Crippen molar-refractivity contribution in [2.75, 3.05) is 6.54 Å². The summed E-state index contributed by atoms with van der Waals surface area (Å²) in [7, 11) is 0. The summed E-state index contributed by atoms with van der Waals surface area (Å²) in [6, 6.07) is 0. The van der Waals surface area contributed by atoms with Crippen molar-refractivity contribution in [1.82, 2.24) is 5.32 Å². The zero-order chi connectivity index (χ0) is 12.5. The molecule has 1 amide bonds. The molecular formula is C12H19NO3. The van der Waals surface area contributed by atoms with Crippen molar-refractivity contribution in [3.05, 3.63) is 11.6 Å². The van der Waals surface area contributed by atoms with Crippen molar-refractivity contribution in [2.45, 2.75) is 27.7 Å². The van der Waals surface area contributed by atoms with Gasteiger partial charge in [0.15, 0.2) is 0 Å². The second kappa shape index (κ2) is 4.28. The number of allylic oxidation sites excluding steroid dienone is 1. The molecule has 0 aromatic carbocycles. The van der Waals surface area contributed by atoms with Gasteiger partial charge in [0.25, 0.3) is 0 Å². The molecule has 2 atom stereocenters. The van der Waals surface area contributed by atoms with E-state index in [4.69, 9.17) is 5.11 Å². The fraction of sp³-hybridized carbons (Fsp3) is 0.667. The number of nitrogens with one attached hydrogen (secondary N) is 1. The Hall–Kier alpha value is -1.32. The van der Waals surface area contributed by atoms with Gasteiger partial charge in [0.1, 0.15) is 0 Å². The lowest BCUT2D eigenvalue weighted by Crippen LogP contribution is -2.27. The van der Waals surface area contributed by atoms with Gasteiger partial charge in [-0.05, 0) is 19.3 Å². The molecule has 0 heterocycles. The van der Waals surface area contributed by atoms with Gasteiger partial charge in [-0.3, -0.25) is 9.59 Å². The zero-order valence-corrected chi connectivity index (χ0v) is 10.2. The van der Waals surface area contributed by atoms with Crippen LogP contribution in [0.25, 0.3) is 0 Å². The van der Waals surface area contributed by atoms with E-state index in [1.165, 1.54) is 0 Å². The smallest absolute Gasteiger partial charge is 0.307 e. The summed E-state index contributed by atoms with van der Waals surface area (Å²) in [5.74, 6) is -1.97. The molecule has 90 valence electrons. The van der Waals surface area contributed by atoms with E-state index < -0.39 is 23.2 Å². The van der Waals surface area contributed by atoms with Crippen LogP contribution >= 0.6 is 0 Å². The molecule has 1 aliphatic carbocycles. The van der Waals surface area contributed by atoms with Crippen molar-refractivity contribution in [1.29, 1.82) is 0 Å². The van der Waals surface area contributed by atoms with E-state index in [1.807, 2.05) is 33.8 Å². The van der Waals surface area contributed by atoms with Crippen molar-refractivity contribution in [3.63, 3.8) is 0 Å². The molecule has 0 saturated heterocycles. The predicted molar refractivity (Wildman–Crippen MR) is 60.8 cm³/mol. The van der Waals surface area contributed by atoms with E-state index in [0.717, 1.165) is 5.57 Å². The molecule has 0 aliphatic heterocycles. The second-order valence-corrected chi connectivity index (χ2v) is 5.14. The molecule has 1 aliphatic rings. The Labute approximate surface area is 95.7 Å². The van der Waals surface area contributed by atoms with Crippen LogP contribution in [0.4, 0.5) is 0 Å². The Bertz CT molecular complexity index is 340. The van der Waals surface area contributed by atoms with Crippen LogP contribution in [0.5, 0.6) is 0 Å². The van der Waals surface area contributed by atoms with Crippen LogP contribution in [0, 0.1) is 17.3 Å².